The summed E-state index contributed by atoms with van der Waals surface area (Å²) in [6.07, 6.45) is 6.64. The van der Waals surface area contributed by atoms with Crippen LogP contribution in [0.4, 0.5) is 4.39 Å². The summed E-state index contributed by atoms with van der Waals surface area (Å²) in [5.74, 6) is -0.371. The first-order valence-corrected chi connectivity index (χ1v) is 15.6. The number of ether oxygens (including phenoxy) is 2. The molecule has 5 rings (SSSR count). The van der Waals surface area contributed by atoms with E-state index in [1.54, 1.807) is 52.4 Å². The van der Waals surface area contributed by atoms with E-state index >= 15 is 4.39 Å². The highest BCUT2D eigenvalue weighted by Gasteiger charge is 2.31. The van der Waals surface area contributed by atoms with Gasteiger partial charge in [0.2, 0.25) is 5.78 Å². The molecule has 0 saturated heterocycles. The van der Waals surface area contributed by atoms with Crippen LogP contribution in [-0.4, -0.2) is 43.9 Å². The Morgan fingerprint density at radius 3 is 2.67 bits per heavy atom. The van der Waals surface area contributed by atoms with Crippen LogP contribution in [0.2, 0.25) is 0 Å². The van der Waals surface area contributed by atoms with Crippen molar-refractivity contribution in [2.75, 3.05) is 6.61 Å². The number of esters is 1. The maximum atomic E-state index is 15.6. The largest absolute Gasteiger partial charge is 0.464 e. The van der Waals surface area contributed by atoms with Gasteiger partial charge < -0.3 is 9.47 Å². The number of rotatable bonds is 12. The summed E-state index contributed by atoms with van der Waals surface area (Å²) in [6.45, 7) is 7.80. The van der Waals surface area contributed by atoms with Crippen molar-refractivity contribution in [1.82, 2.24) is 19.2 Å². The fourth-order valence-electron chi connectivity index (χ4n) is 6.22. The van der Waals surface area contributed by atoms with Crippen molar-refractivity contribution in [2.45, 2.75) is 83.5 Å². The van der Waals surface area contributed by atoms with E-state index in [0.29, 0.717) is 72.1 Å². The minimum Gasteiger partial charge on any atom is -0.464 e. The molecule has 1 unspecified atom stereocenters. The second kappa shape index (κ2) is 14.4. The lowest BCUT2D eigenvalue weighted by atomic mass is 9.92. The first kappa shape index (κ1) is 31.8. The lowest BCUT2D eigenvalue weighted by molar-refractivity contribution is -0.161. The average molecular weight is 612 g/mol. The Morgan fingerprint density at radius 1 is 1.20 bits per heavy atom. The topological polar surface area (TPSA) is 112 Å². The molecule has 45 heavy (non-hydrogen) atoms. The SMILES string of the molecule is C=CCC(O[C@H]1CC[C@H](n2c(=O)c(Cc3ccc(-c4ccccc4C#N)cc3F)c(CCC)n3ncnc32)CC1)C(=O)OCC. The maximum Gasteiger partial charge on any atom is 0.335 e. The van der Waals surface area contributed by atoms with Crippen LogP contribution in [0.15, 0.2) is 66.2 Å². The number of carbonyl (C=O) groups is 1. The number of aromatic nitrogens is 4. The van der Waals surface area contributed by atoms with E-state index < -0.39 is 17.9 Å². The molecule has 0 N–H and O–H groups in total. The predicted octanol–water partition coefficient (Wildman–Crippen LogP) is 6.12. The normalized spacial score (nSPS) is 17.1. The Hall–Kier alpha value is -4.62. The first-order chi connectivity index (χ1) is 21.9. The van der Waals surface area contributed by atoms with Gasteiger partial charge in [-0.1, -0.05) is 49.8 Å². The van der Waals surface area contributed by atoms with Crippen LogP contribution in [0.3, 0.4) is 0 Å². The number of benzene rings is 2. The van der Waals surface area contributed by atoms with Crippen molar-refractivity contribution in [2.24, 2.45) is 0 Å². The van der Waals surface area contributed by atoms with Gasteiger partial charge in [0, 0.05) is 24.4 Å². The van der Waals surface area contributed by atoms with Crippen molar-refractivity contribution in [3.8, 4) is 17.2 Å². The molecule has 2 heterocycles. The number of halogens is 1. The highest BCUT2D eigenvalue weighted by atomic mass is 19.1. The molecule has 2 aromatic heterocycles. The van der Waals surface area contributed by atoms with Crippen LogP contribution in [-0.2, 0) is 27.1 Å². The molecular weight excluding hydrogens is 573 g/mol. The minimum atomic E-state index is -0.704. The molecule has 2 aromatic carbocycles. The zero-order valence-electron chi connectivity index (χ0n) is 25.7. The molecule has 0 radical (unpaired) electrons. The van der Waals surface area contributed by atoms with Gasteiger partial charge in [0.05, 0.1) is 30.0 Å². The number of nitriles is 1. The van der Waals surface area contributed by atoms with E-state index in [1.807, 2.05) is 13.0 Å². The summed E-state index contributed by atoms with van der Waals surface area (Å²) >= 11 is 0. The van der Waals surface area contributed by atoms with Gasteiger partial charge in [-0.15, -0.1) is 6.58 Å². The van der Waals surface area contributed by atoms with Crippen LogP contribution >= 0.6 is 0 Å². The monoisotopic (exact) mass is 611 g/mol. The second-order valence-corrected chi connectivity index (χ2v) is 11.3. The van der Waals surface area contributed by atoms with E-state index in [4.69, 9.17) is 9.47 Å². The van der Waals surface area contributed by atoms with Crippen LogP contribution in [0, 0.1) is 17.1 Å². The molecule has 1 fully saturated rings. The highest BCUT2D eigenvalue weighted by Crippen LogP contribution is 2.32. The molecule has 1 aliphatic rings. The Labute approximate surface area is 261 Å². The van der Waals surface area contributed by atoms with Gasteiger partial charge in [-0.05, 0) is 67.9 Å². The zero-order chi connectivity index (χ0) is 31.9. The van der Waals surface area contributed by atoms with Gasteiger partial charge >= 0.3 is 5.97 Å². The summed E-state index contributed by atoms with van der Waals surface area (Å²) in [7, 11) is 0. The quantitative estimate of drug-likeness (QED) is 0.140. The average Bonchev–Trinajstić information content (AvgIpc) is 3.53. The molecule has 10 heteroatoms. The lowest BCUT2D eigenvalue weighted by Gasteiger charge is -2.32. The number of hydrogen-bond donors (Lipinski definition) is 0. The van der Waals surface area contributed by atoms with Gasteiger partial charge in [-0.3, -0.25) is 9.36 Å². The smallest absolute Gasteiger partial charge is 0.335 e. The third-order valence-corrected chi connectivity index (χ3v) is 8.39. The van der Waals surface area contributed by atoms with Crippen molar-refractivity contribution in [1.29, 1.82) is 5.26 Å². The number of aryl methyl sites for hydroxylation is 1. The van der Waals surface area contributed by atoms with E-state index in [1.165, 1.54) is 12.4 Å². The third-order valence-electron chi connectivity index (χ3n) is 8.39. The van der Waals surface area contributed by atoms with Crippen LogP contribution in [0.5, 0.6) is 0 Å². The predicted molar refractivity (Wildman–Crippen MR) is 168 cm³/mol. The molecule has 1 aliphatic carbocycles. The highest BCUT2D eigenvalue weighted by molar-refractivity contribution is 5.75. The number of fused-ring (bicyclic) bond motifs is 1. The zero-order valence-corrected chi connectivity index (χ0v) is 25.7. The van der Waals surface area contributed by atoms with E-state index in [-0.39, 0.29) is 30.7 Å². The second-order valence-electron chi connectivity index (χ2n) is 11.3. The minimum absolute atomic E-state index is 0.0945. The standard InChI is InChI=1S/C35H38FN5O4/c1-4-9-31-29(19-24-14-13-23(20-30(24)36)28-12-8-7-11-25(28)21-37)33(42)40(35-38-22-39-41(31)35)26-15-17-27(18-16-26)45-32(10-5-2)34(43)44-6-3/h5,7-8,11-14,20,22,26-27,32H,2,4,6,9-10,15-19H2,1,3H3/t26-,27-,32?. The van der Waals surface area contributed by atoms with E-state index in [9.17, 15) is 14.9 Å². The number of nitrogens with zero attached hydrogens (tertiary/aromatic N) is 5. The molecule has 9 nitrogen and oxygen atoms in total. The third kappa shape index (κ3) is 6.74. The summed E-state index contributed by atoms with van der Waals surface area (Å²) in [5, 5.41) is 14.0. The van der Waals surface area contributed by atoms with Crippen LogP contribution in [0.25, 0.3) is 16.9 Å². The van der Waals surface area contributed by atoms with Crippen molar-refractivity contribution >= 4 is 11.7 Å². The molecule has 234 valence electrons. The van der Waals surface area contributed by atoms with Crippen molar-refractivity contribution in [3.05, 3.63) is 100 Å². The van der Waals surface area contributed by atoms with Crippen LogP contribution in [0.1, 0.15) is 80.8 Å². The number of carbonyl (C=O) groups excluding carboxylic acids is 1. The molecule has 4 aromatic rings. The maximum absolute atomic E-state index is 15.6. The van der Waals surface area contributed by atoms with Gasteiger partial charge in [-0.25, -0.2) is 13.7 Å². The molecular formula is C35H38FN5O4. The first-order valence-electron chi connectivity index (χ1n) is 15.6. The molecule has 1 atom stereocenters. The van der Waals surface area contributed by atoms with Crippen molar-refractivity contribution < 1.29 is 18.7 Å². The summed E-state index contributed by atoms with van der Waals surface area (Å²) in [5.41, 5.74) is 3.13. The molecule has 0 amide bonds. The van der Waals surface area contributed by atoms with E-state index in [2.05, 4.69) is 22.7 Å². The fraction of sp³-hybridized carbons (Fsp3) is 0.400. The number of hydrogen-bond acceptors (Lipinski definition) is 7. The Bertz CT molecular complexity index is 1780. The summed E-state index contributed by atoms with van der Waals surface area (Å²) in [4.78, 5) is 31.1. The molecule has 0 spiro atoms. The summed E-state index contributed by atoms with van der Waals surface area (Å²) in [6, 6.07) is 14.0. The van der Waals surface area contributed by atoms with Gasteiger partial charge in [0.15, 0.2) is 6.10 Å². The van der Waals surface area contributed by atoms with Crippen molar-refractivity contribution in [3.63, 3.8) is 0 Å². The van der Waals surface area contributed by atoms with Gasteiger partial charge in [0.1, 0.15) is 12.1 Å². The Kier molecular flexibility index (Phi) is 10.2. The van der Waals surface area contributed by atoms with E-state index in [0.717, 1.165) is 12.1 Å². The Morgan fingerprint density at radius 2 is 1.98 bits per heavy atom. The van der Waals surface area contributed by atoms with Gasteiger partial charge in [0.25, 0.3) is 5.56 Å². The lowest BCUT2D eigenvalue weighted by Crippen LogP contribution is -2.37. The molecule has 0 bridgehead atoms. The Balaban J connectivity index is 1.45. The molecule has 0 aliphatic heterocycles. The molecule has 1 saturated carbocycles. The summed E-state index contributed by atoms with van der Waals surface area (Å²) < 4.78 is 30.4. The van der Waals surface area contributed by atoms with Gasteiger partial charge in [-0.2, -0.15) is 15.3 Å². The van der Waals surface area contributed by atoms with Crippen LogP contribution < -0.4 is 5.56 Å². The fourth-order valence-corrected chi connectivity index (χ4v) is 6.22.